The second-order valence-corrected chi connectivity index (χ2v) is 20.9. The van der Waals surface area contributed by atoms with E-state index in [1.807, 2.05) is 41.5 Å². The fourth-order valence-electron chi connectivity index (χ4n) is 8.34. The largest absolute Gasteiger partial charge is 0.444 e. The van der Waals surface area contributed by atoms with E-state index >= 15 is 0 Å². The van der Waals surface area contributed by atoms with E-state index in [-0.39, 0.29) is 12.2 Å². The number of ether oxygens (including phenoxy) is 2. The molecule has 62 heavy (non-hydrogen) atoms. The zero-order valence-corrected chi connectivity index (χ0v) is 43.2. The lowest BCUT2D eigenvalue weighted by Gasteiger charge is -2.28. The fourth-order valence-corrected chi connectivity index (χ4v) is 8.34. The van der Waals surface area contributed by atoms with E-state index in [0.29, 0.717) is 13.1 Å². The third kappa shape index (κ3) is 47.9. The average Bonchev–Trinajstić information content (AvgIpc) is 3.20. The van der Waals surface area contributed by atoms with Gasteiger partial charge in [0, 0.05) is 26.2 Å². The first-order chi connectivity index (χ1) is 29.9. The van der Waals surface area contributed by atoms with E-state index in [0.717, 1.165) is 39.0 Å². The number of carbonyl (C=O) groups is 2. The van der Waals surface area contributed by atoms with Crippen molar-refractivity contribution in [3.05, 3.63) is 0 Å². The molecule has 0 spiro atoms. The molecule has 2 amide bonds. The van der Waals surface area contributed by atoms with Gasteiger partial charge in [-0.05, 0) is 93.4 Å². The Morgan fingerprint density at radius 3 is 0.758 bits per heavy atom. The fraction of sp³-hybridized carbons (Fsp3) is 0.963. The minimum absolute atomic E-state index is 0.352. The van der Waals surface area contributed by atoms with Crippen molar-refractivity contribution in [1.29, 1.82) is 0 Å². The molecular formula is C54H110N4O4. The van der Waals surface area contributed by atoms with Crippen molar-refractivity contribution in [2.75, 3.05) is 52.4 Å². The van der Waals surface area contributed by atoms with Gasteiger partial charge in [-0.3, -0.25) is 0 Å². The second kappa shape index (κ2) is 43.4. The lowest BCUT2D eigenvalue weighted by Crippen LogP contribution is -2.39. The highest BCUT2D eigenvalue weighted by Crippen LogP contribution is 2.16. The van der Waals surface area contributed by atoms with Gasteiger partial charge in [0.05, 0.1) is 0 Å². The summed E-state index contributed by atoms with van der Waals surface area (Å²) in [7, 11) is 0. The number of nitrogens with zero attached hydrogens (tertiary/aromatic N) is 2. The van der Waals surface area contributed by atoms with Gasteiger partial charge in [-0.15, -0.1) is 0 Å². The molecule has 0 aliphatic rings. The lowest BCUT2D eigenvalue weighted by atomic mass is 10.0. The van der Waals surface area contributed by atoms with E-state index in [2.05, 4.69) is 34.3 Å². The molecule has 0 aromatic heterocycles. The van der Waals surface area contributed by atoms with Crippen LogP contribution in [0.5, 0.6) is 0 Å². The van der Waals surface area contributed by atoms with Crippen molar-refractivity contribution in [2.45, 2.75) is 285 Å². The molecule has 0 aromatic rings. The highest BCUT2D eigenvalue weighted by Gasteiger charge is 2.17. The van der Waals surface area contributed by atoms with Crippen LogP contribution < -0.4 is 10.6 Å². The van der Waals surface area contributed by atoms with Gasteiger partial charge in [-0.2, -0.15) is 0 Å². The van der Waals surface area contributed by atoms with Crippen LogP contribution in [0.3, 0.4) is 0 Å². The maximum absolute atomic E-state index is 12.3. The minimum Gasteiger partial charge on any atom is -0.444 e. The Balaban J connectivity index is 4.81. The van der Waals surface area contributed by atoms with Crippen LogP contribution in [0.15, 0.2) is 0 Å². The normalized spacial score (nSPS) is 12.1. The van der Waals surface area contributed by atoms with E-state index in [1.54, 1.807) is 0 Å². The summed E-state index contributed by atoms with van der Waals surface area (Å²) >= 11 is 0. The Bertz CT molecular complexity index is 893. The van der Waals surface area contributed by atoms with Crippen LogP contribution in [-0.4, -0.2) is 85.5 Å². The monoisotopic (exact) mass is 879 g/mol. The van der Waals surface area contributed by atoms with Crippen LogP contribution in [0.2, 0.25) is 0 Å². The first-order valence-electron chi connectivity index (χ1n) is 27.2. The highest BCUT2D eigenvalue weighted by molar-refractivity contribution is 5.67. The van der Waals surface area contributed by atoms with E-state index in [4.69, 9.17) is 9.47 Å². The molecule has 0 rings (SSSR count). The summed E-state index contributed by atoms with van der Waals surface area (Å²) in [5.41, 5.74) is -1.00. The molecule has 0 unspecified atom stereocenters. The Morgan fingerprint density at radius 1 is 0.323 bits per heavy atom. The molecule has 0 fully saturated rings. The van der Waals surface area contributed by atoms with Crippen molar-refractivity contribution in [2.24, 2.45) is 0 Å². The molecule has 8 heteroatoms. The number of hydrogen-bond donors (Lipinski definition) is 2. The number of nitrogens with one attached hydrogen (secondary N) is 2. The minimum atomic E-state index is -0.500. The van der Waals surface area contributed by atoms with Crippen molar-refractivity contribution in [3.63, 3.8) is 0 Å². The maximum Gasteiger partial charge on any atom is 0.407 e. The summed E-state index contributed by atoms with van der Waals surface area (Å²) < 4.78 is 10.9. The Hall–Kier alpha value is -1.54. The van der Waals surface area contributed by atoms with Gasteiger partial charge < -0.3 is 29.9 Å². The number of rotatable bonds is 45. The Labute approximate surface area is 387 Å². The summed E-state index contributed by atoms with van der Waals surface area (Å²) in [6.45, 7) is 23.4. The van der Waals surface area contributed by atoms with Crippen LogP contribution in [0.4, 0.5) is 9.59 Å². The summed E-state index contributed by atoms with van der Waals surface area (Å²) in [4.78, 5) is 29.8. The molecule has 370 valence electrons. The van der Waals surface area contributed by atoms with Gasteiger partial charge >= 0.3 is 12.2 Å². The van der Waals surface area contributed by atoms with E-state index in [1.165, 1.54) is 219 Å². The average molecular weight is 879 g/mol. The molecule has 0 saturated carbocycles. The first kappa shape index (κ1) is 60.5. The molecule has 0 aliphatic carbocycles. The molecule has 0 aromatic carbocycles. The predicted octanol–water partition coefficient (Wildman–Crippen LogP) is 15.9. The molecule has 0 atom stereocenters. The van der Waals surface area contributed by atoms with Crippen molar-refractivity contribution >= 4 is 12.2 Å². The third-order valence-corrected chi connectivity index (χ3v) is 12.0. The molecule has 2 N–H and O–H groups in total. The number of unbranched alkanes of at least 4 members (excludes halogenated alkanes) is 30. The van der Waals surface area contributed by atoms with E-state index in [9.17, 15) is 9.59 Å². The van der Waals surface area contributed by atoms with Crippen LogP contribution in [0.25, 0.3) is 0 Å². The molecular weight excluding hydrogens is 769 g/mol. The third-order valence-electron chi connectivity index (χ3n) is 12.0. The molecule has 0 aliphatic heterocycles. The van der Waals surface area contributed by atoms with Gasteiger partial charge in [0.1, 0.15) is 11.2 Å². The standard InChI is InChI=1S/C54H110N4O4/c1-9-11-13-15-17-19-21-23-25-27-29-31-33-35-37-39-45-57(46-40-38-36-34-32-30-28-26-24-22-20-18-16-14-12-10-2)49-50-58(47-41-43-55-51(59)61-53(3,4)5)48-42-44-56-52(60)62-54(6,7)8/h9-50H2,1-8H3,(H,55,59)(H,56,60). The van der Waals surface area contributed by atoms with Crippen LogP contribution in [0.1, 0.15) is 274 Å². The van der Waals surface area contributed by atoms with Crippen molar-refractivity contribution in [1.82, 2.24) is 20.4 Å². The number of carbonyl (C=O) groups excluding carboxylic acids is 2. The van der Waals surface area contributed by atoms with Gasteiger partial charge in [0.15, 0.2) is 0 Å². The molecule has 8 nitrogen and oxygen atoms in total. The van der Waals surface area contributed by atoms with Crippen LogP contribution in [-0.2, 0) is 9.47 Å². The van der Waals surface area contributed by atoms with Gasteiger partial charge in [-0.25, -0.2) is 9.59 Å². The Kier molecular flexibility index (Phi) is 42.3. The Morgan fingerprint density at radius 2 is 0.532 bits per heavy atom. The number of alkyl carbamates (subject to hydrolysis) is 2. The summed E-state index contributed by atoms with van der Waals surface area (Å²) in [5, 5.41) is 5.87. The maximum atomic E-state index is 12.3. The predicted molar refractivity (Wildman–Crippen MR) is 270 cm³/mol. The second-order valence-electron chi connectivity index (χ2n) is 20.9. The van der Waals surface area contributed by atoms with Gasteiger partial charge in [0.25, 0.3) is 0 Å². The van der Waals surface area contributed by atoms with Gasteiger partial charge in [-0.1, -0.05) is 206 Å². The molecule has 0 radical (unpaired) electrons. The zero-order valence-electron chi connectivity index (χ0n) is 43.2. The van der Waals surface area contributed by atoms with Crippen molar-refractivity contribution in [3.8, 4) is 0 Å². The molecule has 0 heterocycles. The summed E-state index contributed by atoms with van der Waals surface area (Å²) in [5.74, 6) is 0. The van der Waals surface area contributed by atoms with Crippen molar-refractivity contribution < 1.29 is 19.1 Å². The highest BCUT2D eigenvalue weighted by atomic mass is 16.6. The van der Waals surface area contributed by atoms with Crippen LogP contribution >= 0.6 is 0 Å². The topological polar surface area (TPSA) is 83.1 Å². The molecule has 0 saturated heterocycles. The van der Waals surface area contributed by atoms with E-state index < -0.39 is 11.2 Å². The van der Waals surface area contributed by atoms with Crippen LogP contribution in [0, 0.1) is 0 Å². The summed E-state index contributed by atoms with van der Waals surface area (Å²) in [6, 6.07) is 0. The first-order valence-corrected chi connectivity index (χ1v) is 27.2. The molecule has 0 bridgehead atoms. The zero-order chi connectivity index (χ0) is 45.8. The smallest absolute Gasteiger partial charge is 0.407 e. The summed E-state index contributed by atoms with van der Waals surface area (Å²) in [6.07, 6.45) is 45.9. The SMILES string of the molecule is CCCCCCCCCCCCCCCCCCN(CCCCCCCCCCCCCCCCCC)CCN(CCCNC(=O)OC(C)(C)C)CCCNC(=O)OC(C)(C)C. The quantitative estimate of drug-likeness (QED) is 0.0593. The number of amides is 2. The lowest BCUT2D eigenvalue weighted by molar-refractivity contribution is 0.0516. The van der Waals surface area contributed by atoms with Gasteiger partial charge in [0.2, 0.25) is 0 Å². The number of hydrogen-bond acceptors (Lipinski definition) is 6.